The summed E-state index contributed by atoms with van der Waals surface area (Å²) in [5.74, 6) is 0.423. The average Bonchev–Trinajstić information content (AvgIpc) is 1.82. The lowest BCUT2D eigenvalue weighted by atomic mass is 10.4. The summed E-state index contributed by atoms with van der Waals surface area (Å²) in [6.45, 7) is 0. The van der Waals surface area contributed by atoms with E-state index < -0.39 is 16.1 Å². The van der Waals surface area contributed by atoms with E-state index >= 15 is 0 Å². The largest absolute Gasteiger partial charge is 0.468 e. The third kappa shape index (κ3) is 5.09. The third-order valence-corrected chi connectivity index (χ3v) is 2.54. The second-order valence-electron chi connectivity index (χ2n) is 3.39. The molecule has 0 fully saturated rings. The highest BCUT2D eigenvalue weighted by atomic mass is 32.3. The molecule has 0 radical (unpaired) electrons. The molecule has 0 rings (SSSR count). The van der Waals surface area contributed by atoms with Crippen LogP contribution in [0.2, 0.25) is 0 Å². The Balaban J connectivity index is 3.87. The predicted molar refractivity (Wildman–Crippen MR) is 50.2 cm³/mol. The van der Waals surface area contributed by atoms with Gasteiger partial charge in [-0.05, 0) is 18.8 Å². The van der Waals surface area contributed by atoms with Gasteiger partial charge in [0.05, 0.1) is 7.11 Å². The van der Waals surface area contributed by atoms with Gasteiger partial charge in [0.15, 0.2) is 0 Å². The average molecular weight is 179 g/mol. The van der Waals surface area contributed by atoms with Crippen LogP contribution >= 0.6 is 10.0 Å². The van der Waals surface area contributed by atoms with E-state index in [4.69, 9.17) is 5.73 Å². The van der Waals surface area contributed by atoms with Crippen molar-refractivity contribution in [3.8, 4) is 0 Å². The first-order valence-corrected chi connectivity index (χ1v) is 6.39. The number of carbonyl (C=O) groups excluding carboxylic acids is 1. The van der Waals surface area contributed by atoms with Gasteiger partial charge in [-0.15, -0.1) is 0 Å². The van der Waals surface area contributed by atoms with Crippen LogP contribution in [0.1, 0.15) is 0 Å². The Kier molecular flexibility index (Phi) is 3.89. The number of hydrogen-bond donors (Lipinski definition) is 1. The zero-order valence-electron chi connectivity index (χ0n) is 7.59. The molecular weight excluding hydrogens is 162 g/mol. The van der Waals surface area contributed by atoms with Crippen molar-refractivity contribution >= 4 is 16.0 Å². The van der Waals surface area contributed by atoms with Crippen molar-refractivity contribution in [2.75, 3.05) is 31.6 Å². The van der Waals surface area contributed by atoms with Gasteiger partial charge >= 0.3 is 5.97 Å². The fraction of sp³-hybridized carbons (Fsp3) is 0.857. The topological polar surface area (TPSA) is 52.3 Å². The Bertz CT molecular complexity index is 142. The minimum atomic E-state index is -0.704. The Morgan fingerprint density at radius 2 is 2.00 bits per heavy atom. The van der Waals surface area contributed by atoms with Crippen LogP contribution < -0.4 is 5.73 Å². The van der Waals surface area contributed by atoms with Gasteiger partial charge in [0.25, 0.3) is 0 Å². The lowest BCUT2D eigenvalue weighted by Crippen LogP contribution is -2.36. The van der Waals surface area contributed by atoms with Crippen LogP contribution in [0.4, 0.5) is 0 Å². The van der Waals surface area contributed by atoms with Crippen LogP contribution in [0.15, 0.2) is 0 Å². The highest BCUT2D eigenvalue weighted by molar-refractivity contribution is 8.32. The molecule has 0 aromatic heterocycles. The molecule has 11 heavy (non-hydrogen) atoms. The molecule has 3 nitrogen and oxygen atoms in total. The Morgan fingerprint density at radius 1 is 1.55 bits per heavy atom. The Hall–Kier alpha value is -0.220. The highest BCUT2D eigenvalue weighted by Crippen LogP contribution is 2.34. The van der Waals surface area contributed by atoms with Gasteiger partial charge in [-0.25, -0.2) is 10.0 Å². The number of esters is 1. The summed E-state index contributed by atoms with van der Waals surface area (Å²) in [6, 6.07) is -0.449. The summed E-state index contributed by atoms with van der Waals surface area (Å²) in [4.78, 5) is 10.9. The molecule has 1 atom stereocenters. The summed E-state index contributed by atoms with van der Waals surface area (Å²) in [7, 11) is 0.657. The molecule has 0 aliphatic rings. The van der Waals surface area contributed by atoms with E-state index in [0.717, 1.165) is 5.75 Å². The Labute approximate surface area is 69.6 Å². The van der Waals surface area contributed by atoms with Crippen LogP contribution in [-0.4, -0.2) is 43.6 Å². The Morgan fingerprint density at radius 3 is 2.27 bits per heavy atom. The monoisotopic (exact) mass is 179 g/mol. The van der Waals surface area contributed by atoms with Gasteiger partial charge < -0.3 is 10.5 Å². The first-order valence-electron chi connectivity index (χ1n) is 3.36. The van der Waals surface area contributed by atoms with Crippen molar-refractivity contribution < 1.29 is 9.53 Å². The van der Waals surface area contributed by atoms with Crippen molar-refractivity contribution in [1.29, 1.82) is 0 Å². The van der Waals surface area contributed by atoms with E-state index in [1.54, 1.807) is 0 Å². The van der Waals surface area contributed by atoms with E-state index in [-0.39, 0.29) is 5.97 Å². The van der Waals surface area contributed by atoms with Crippen LogP contribution in [0.3, 0.4) is 0 Å². The van der Waals surface area contributed by atoms with E-state index in [1.165, 1.54) is 7.11 Å². The van der Waals surface area contributed by atoms with E-state index in [0.29, 0.717) is 0 Å². The lowest BCUT2D eigenvalue weighted by molar-refractivity contribution is -0.141. The third-order valence-electron chi connectivity index (χ3n) is 1.18. The van der Waals surface area contributed by atoms with Gasteiger partial charge in [-0.2, -0.15) is 0 Å². The molecule has 0 saturated carbocycles. The van der Waals surface area contributed by atoms with Crippen molar-refractivity contribution in [1.82, 2.24) is 0 Å². The van der Waals surface area contributed by atoms with Gasteiger partial charge in [0.1, 0.15) is 6.04 Å². The maximum atomic E-state index is 10.9. The maximum Gasteiger partial charge on any atom is 0.323 e. The molecule has 0 unspecified atom stereocenters. The minimum Gasteiger partial charge on any atom is -0.468 e. The van der Waals surface area contributed by atoms with E-state index in [2.05, 4.69) is 23.5 Å². The first kappa shape index (κ1) is 10.8. The SMILES string of the molecule is COC(=O)[C@@H](N)CS(C)(C)C. The van der Waals surface area contributed by atoms with Crippen molar-refractivity contribution in [2.45, 2.75) is 6.04 Å². The van der Waals surface area contributed by atoms with Crippen molar-refractivity contribution in [2.24, 2.45) is 5.73 Å². The molecule has 68 valence electrons. The molecule has 0 bridgehead atoms. The molecule has 4 heteroatoms. The number of ether oxygens (including phenoxy) is 1. The summed E-state index contributed by atoms with van der Waals surface area (Å²) in [5.41, 5.74) is 5.56. The van der Waals surface area contributed by atoms with Gasteiger partial charge in [0.2, 0.25) is 0 Å². The van der Waals surface area contributed by atoms with Crippen molar-refractivity contribution in [3.63, 3.8) is 0 Å². The predicted octanol–water partition coefficient (Wildman–Crippen LogP) is 0.181. The quantitative estimate of drug-likeness (QED) is 0.629. The van der Waals surface area contributed by atoms with Crippen molar-refractivity contribution in [3.05, 3.63) is 0 Å². The normalized spacial score (nSPS) is 15.7. The van der Waals surface area contributed by atoms with Crippen LogP contribution in [0.5, 0.6) is 0 Å². The van der Waals surface area contributed by atoms with E-state index in [9.17, 15) is 4.79 Å². The number of carbonyl (C=O) groups is 1. The molecule has 0 spiro atoms. The molecule has 0 heterocycles. The van der Waals surface area contributed by atoms with Crippen LogP contribution in [-0.2, 0) is 9.53 Å². The molecule has 0 amide bonds. The fourth-order valence-electron chi connectivity index (χ4n) is 0.758. The van der Waals surface area contributed by atoms with E-state index in [1.807, 2.05) is 0 Å². The molecule has 0 aromatic rings. The summed E-state index contributed by atoms with van der Waals surface area (Å²) < 4.78 is 4.51. The summed E-state index contributed by atoms with van der Waals surface area (Å²) in [5, 5.41) is 0. The first-order chi connectivity index (χ1) is 4.87. The highest BCUT2D eigenvalue weighted by Gasteiger charge is 2.18. The zero-order valence-corrected chi connectivity index (χ0v) is 8.40. The number of hydrogen-bond acceptors (Lipinski definition) is 3. The van der Waals surface area contributed by atoms with Gasteiger partial charge in [-0.3, -0.25) is 4.79 Å². The van der Waals surface area contributed by atoms with Gasteiger partial charge in [-0.1, -0.05) is 0 Å². The molecule has 2 N–H and O–H groups in total. The molecule has 0 aromatic carbocycles. The summed E-state index contributed by atoms with van der Waals surface area (Å²) >= 11 is 0. The second kappa shape index (κ2) is 3.97. The minimum absolute atomic E-state index is 0.313. The number of methoxy groups -OCH3 is 1. The standard InChI is InChI=1S/C7H17NO2S/c1-10-7(9)6(8)5-11(2,3)4/h6H,5,8H2,1-4H3/t6-/m0/s1. The fourth-order valence-corrected chi connectivity index (χ4v) is 1.97. The second-order valence-corrected chi connectivity index (χ2v) is 7.90. The molecule has 0 saturated heterocycles. The van der Waals surface area contributed by atoms with Crippen LogP contribution in [0, 0.1) is 0 Å². The zero-order chi connectivity index (χ0) is 9.07. The lowest BCUT2D eigenvalue weighted by Gasteiger charge is -2.27. The van der Waals surface area contributed by atoms with Gasteiger partial charge in [0, 0.05) is 5.75 Å². The number of nitrogens with two attached hydrogens (primary N) is 1. The molecule has 0 aliphatic carbocycles. The molecule has 0 aliphatic heterocycles. The number of rotatable bonds is 3. The smallest absolute Gasteiger partial charge is 0.323 e. The molecular formula is C7H17NO2S. The maximum absolute atomic E-state index is 10.9. The summed E-state index contributed by atoms with van der Waals surface area (Å²) in [6.07, 6.45) is 6.36. The van der Waals surface area contributed by atoms with Crippen LogP contribution in [0.25, 0.3) is 0 Å².